The first-order chi connectivity index (χ1) is 10.9. The Morgan fingerprint density at radius 2 is 1.91 bits per heavy atom. The fraction of sp³-hybridized carbons (Fsp3) is 0.500. The van der Waals surface area contributed by atoms with Crippen LogP contribution in [0, 0.1) is 5.92 Å². The van der Waals surface area contributed by atoms with Crippen LogP contribution in [0.25, 0.3) is 0 Å². The molecule has 0 radical (unpaired) electrons. The van der Waals surface area contributed by atoms with Crippen LogP contribution in [0.3, 0.4) is 0 Å². The average Bonchev–Trinajstić information content (AvgIpc) is 3.12. The summed E-state index contributed by atoms with van der Waals surface area (Å²) in [7, 11) is -3.02. The van der Waals surface area contributed by atoms with Gasteiger partial charge in [-0.15, -0.1) is 11.3 Å². The monoisotopic (exact) mass is 358 g/mol. The van der Waals surface area contributed by atoms with Gasteiger partial charge in [0.05, 0.1) is 16.4 Å². The molecule has 2 heterocycles. The van der Waals surface area contributed by atoms with Gasteiger partial charge < -0.3 is 0 Å². The summed E-state index contributed by atoms with van der Waals surface area (Å²) in [6, 6.07) is 3.46. The number of hydrazine groups is 1. The van der Waals surface area contributed by atoms with Crippen molar-refractivity contribution in [3.05, 3.63) is 22.4 Å². The van der Waals surface area contributed by atoms with Crippen molar-refractivity contribution >= 4 is 38.8 Å². The molecule has 2 amide bonds. The van der Waals surface area contributed by atoms with Gasteiger partial charge >= 0.3 is 0 Å². The lowest BCUT2D eigenvalue weighted by atomic mass is 10.1. The molecule has 23 heavy (non-hydrogen) atoms. The molecule has 0 bridgehead atoms. The Hall–Kier alpha value is -1.74. The first-order valence-corrected chi connectivity index (χ1v) is 9.90. The number of carbonyl (C=O) groups excluding carboxylic acids is 3. The molecule has 2 N–H and O–H groups in total. The molecular formula is C14H18N2O5S2. The Bertz CT molecular complexity index is 682. The third kappa shape index (κ3) is 5.76. The summed E-state index contributed by atoms with van der Waals surface area (Å²) in [5, 5.41) is 1.79. The normalized spacial score (nSPS) is 19.2. The number of Topliss-reactive ketones (excluding diaryl/α,β-unsaturated/α-hetero) is 1. The van der Waals surface area contributed by atoms with E-state index in [0.29, 0.717) is 11.3 Å². The third-order valence-corrected chi connectivity index (χ3v) is 6.27. The predicted octanol–water partition coefficient (Wildman–Crippen LogP) is 0.683. The summed E-state index contributed by atoms with van der Waals surface area (Å²) < 4.78 is 22.6. The molecule has 1 atom stereocenters. The first kappa shape index (κ1) is 17.6. The third-order valence-electron chi connectivity index (χ3n) is 3.52. The highest BCUT2D eigenvalue weighted by Gasteiger charge is 2.29. The van der Waals surface area contributed by atoms with Gasteiger partial charge in [0.1, 0.15) is 0 Å². The van der Waals surface area contributed by atoms with Gasteiger partial charge in [-0.3, -0.25) is 25.2 Å². The number of sulfone groups is 1. The smallest absolute Gasteiger partial charge is 0.238 e. The zero-order valence-corrected chi connectivity index (χ0v) is 14.0. The van der Waals surface area contributed by atoms with Crippen LogP contribution < -0.4 is 10.9 Å². The molecule has 2 rings (SSSR count). The molecule has 1 aromatic rings. The minimum absolute atomic E-state index is 0.0175. The first-order valence-electron chi connectivity index (χ1n) is 7.20. The van der Waals surface area contributed by atoms with Crippen LogP contribution in [0.2, 0.25) is 0 Å². The fourth-order valence-electron chi connectivity index (χ4n) is 2.34. The van der Waals surface area contributed by atoms with Gasteiger partial charge in [0, 0.05) is 19.3 Å². The second kappa shape index (κ2) is 7.69. The van der Waals surface area contributed by atoms with E-state index < -0.39 is 21.7 Å². The lowest BCUT2D eigenvalue weighted by Gasteiger charge is -2.09. The standard InChI is InChI=1S/C14H18N2O5S2/c17-11(12-2-1-6-22-12)3-4-13(18)15-16-14(19)8-10-5-7-23(20,21)9-10/h1-2,6,10H,3-5,7-9H2,(H,15,18)(H,16,19)/t10-/m0/s1. The number of thiophene rings is 1. The number of amides is 2. The molecule has 7 nitrogen and oxygen atoms in total. The fourth-order valence-corrected chi connectivity index (χ4v) is 4.89. The van der Waals surface area contributed by atoms with Gasteiger partial charge in [-0.25, -0.2) is 8.42 Å². The molecule has 1 aliphatic rings. The minimum atomic E-state index is -3.02. The van der Waals surface area contributed by atoms with Crippen LogP contribution in [0.4, 0.5) is 0 Å². The molecule has 0 aromatic carbocycles. The van der Waals surface area contributed by atoms with Crippen molar-refractivity contribution in [3.63, 3.8) is 0 Å². The Morgan fingerprint density at radius 3 is 2.52 bits per heavy atom. The Kier molecular flexibility index (Phi) is 5.89. The van der Waals surface area contributed by atoms with Crippen molar-refractivity contribution < 1.29 is 22.8 Å². The number of nitrogens with one attached hydrogen (secondary N) is 2. The molecule has 1 aromatic heterocycles. The highest BCUT2D eigenvalue weighted by Crippen LogP contribution is 2.21. The van der Waals surface area contributed by atoms with E-state index in [0.717, 1.165) is 0 Å². The molecule has 126 valence electrons. The highest BCUT2D eigenvalue weighted by molar-refractivity contribution is 7.91. The number of rotatable bonds is 6. The van der Waals surface area contributed by atoms with Crippen molar-refractivity contribution in [3.8, 4) is 0 Å². The molecular weight excluding hydrogens is 340 g/mol. The maximum Gasteiger partial charge on any atom is 0.238 e. The van der Waals surface area contributed by atoms with E-state index in [-0.39, 0.29) is 42.5 Å². The van der Waals surface area contributed by atoms with Gasteiger partial charge in [-0.1, -0.05) is 6.07 Å². The van der Waals surface area contributed by atoms with Crippen LogP contribution in [-0.4, -0.2) is 37.5 Å². The van der Waals surface area contributed by atoms with Gasteiger partial charge in [0.2, 0.25) is 11.8 Å². The molecule has 0 saturated carbocycles. The lowest BCUT2D eigenvalue weighted by molar-refractivity contribution is -0.129. The van der Waals surface area contributed by atoms with Gasteiger partial charge in [0.25, 0.3) is 0 Å². The summed E-state index contributed by atoms with van der Waals surface area (Å²) in [4.78, 5) is 35.6. The van der Waals surface area contributed by atoms with Crippen molar-refractivity contribution in [2.45, 2.75) is 25.7 Å². The van der Waals surface area contributed by atoms with Crippen molar-refractivity contribution in [1.82, 2.24) is 10.9 Å². The van der Waals surface area contributed by atoms with E-state index >= 15 is 0 Å². The zero-order valence-electron chi connectivity index (χ0n) is 12.4. The minimum Gasteiger partial charge on any atom is -0.293 e. The second-order valence-electron chi connectivity index (χ2n) is 5.47. The van der Waals surface area contributed by atoms with Crippen molar-refractivity contribution in [2.75, 3.05) is 11.5 Å². The maximum absolute atomic E-state index is 11.7. The second-order valence-corrected chi connectivity index (χ2v) is 8.65. The Morgan fingerprint density at radius 1 is 1.17 bits per heavy atom. The molecule has 0 aliphatic carbocycles. The van der Waals surface area contributed by atoms with Crippen molar-refractivity contribution in [2.24, 2.45) is 5.92 Å². The number of ketones is 1. The van der Waals surface area contributed by atoms with Gasteiger partial charge in [0.15, 0.2) is 15.6 Å². The molecule has 0 spiro atoms. The molecule has 1 saturated heterocycles. The van der Waals surface area contributed by atoms with Crippen LogP contribution >= 0.6 is 11.3 Å². The average molecular weight is 358 g/mol. The summed E-state index contributed by atoms with van der Waals surface area (Å²) >= 11 is 1.32. The van der Waals surface area contributed by atoms with E-state index in [2.05, 4.69) is 10.9 Å². The molecule has 9 heteroatoms. The molecule has 1 fully saturated rings. The van der Waals surface area contributed by atoms with Crippen molar-refractivity contribution in [1.29, 1.82) is 0 Å². The van der Waals surface area contributed by atoms with E-state index in [4.69, 9.17) is 0 Å². The van der Waals surface area contributed by atoms with E-state index in [1.807, 2.05) is 0 Å². The molecule has 1 aliphatic heterocycles. The lowest BCUT2D eigenvalue weighted by Crippen LogP contribution is -2.42. The topological polar surface area (TPSA) is 109 Å². The largest absolute Gasteiger partial charge is 0.293 e. The quantitative estimate of drug-likeness (QED) is 0.574. The van der Waals surface area contributed by atoms with E-state index in [1.54, 1.807) is 17.5 Å². The van der Waals surface area contributed by atoms with Crippen LogP contribution in [0.1, 0.15) is 35.4 Å². The van der Waals surface area contributed by atoms with Crippen LogP contribution in [-0.2, 0) is 19.4 Å². The summed E-state index contributed by atoms with van der Waals surface area (Å²) in [6.07, 6.45) is 0.588. The van der Waals surface area contributed by atoms with E-state index in [9.17, 15) is 22.8 Å². The van der Waals surface area contributed by atoms with Gasteiger partial charge in [-0.05, 0) is 23.8 Å². The van der Waals surface area contributed by atoms with Gasteiger partial charge in [-0.2, -0.15) is 0 Å². The van der Waals surface area contributed by atoms with E-state index in [1.165, 1.54) is 11.3 Å². The number of hydrogen-bond donors (Lipinski definition) is 2. The maximum atomic E-state index is 11.7. The predicted molar refractivity (Wildman–Crippen MR) is 85.5 cm³/mol. The Balaban J connectivity index is 1.64. The highest BCUT2D eigenvalue weighted by atomic mass is 32.2. The SMILES string of the molecule is O=C(CCC(=O)c1cccs1)NNC(=O)C[C@@H]1CCS(=O)(=O)C1. The number of hydrogen-bond acceptors (Lipinski definition) is 6. The number of carbonyl (C=O) groups is 3. The van der Waals surface area contributed by atoms with Crippen LogP contribution in [0.5, 0.6) is 0 Å². The summed E-state index contributed by atoms with van der Waals surface area (Å²) in [5.41, 5.74) is 4.49. The summed E-state index contributed by atoms with van der Waals surface area (Å²) in [5.74, 6) is -1.06. The Labute approximate surface area is 138 Å². The summed E-state index contributed by atoms with van der Waals surface area (Å²) in [6.45, 7) is 0. The molecule has 0 unspecified atom stereocenters. The zero-order chi connectivity index (χ0) is 16.9. The van der Waals surface area contributed by atoms with Crippen LogP contribution in [0.15, 0.2) is 17.5 Å².